The van der Waals surface area contributed by atoms with Gasteiger partial charge in [-0.05, 0) is 7.05 Å². The van der Waals surface area contributed by atoms with E-state index in [0.29, 0.717) is 16.6 Å². The molecule has 0 radical (unpaired) electrons. The number of sulfonamides is 1. The normalized spacial score (nSPS) is 11.5. The van der Waals surface area contributed by atoms with Crippen LogP contribution in [0, 0.1) is 0 Å². The molecule has 0 saturated carbocycles. The SMILES string of the molecule is CNS(=O)(=O)CCNc1ncc(C(=O)O)c2ccccc12. The van der Waals surface area contributed by atoms with Crippen molar-refractivity contribution in [3.05, 3.63) is 36.0 Å². The van der Waals surface area contributed by atoms with Crippen molar-refractivity contribution in [1.29, 1.82) is 0 Å². The fourth-order valence-electron chi connectivity index (χ4n) is 1.91. The van der Waals surface area contributed by atoms with Crippen LogP contribution in [0.2, 0.25) is 0 Å². The van der Waals surface area contributed by atoms with E-state index in [-0.39, 0.29) is 17.9 Å². The van der Waals surface area contributed by atoms with Crippen molar-refractivity contribution in [3.63, 3.8) is 0 Å². The standard InChI is InChI=1S/C13H15N3O4S/c1-14-21(19,20)7-6-15-12-10-5-3-2-4-9(10)11(8-16-12)13(17)18/h2-5,8,14H,6-7H2,1H3,(H,15,16)(H,17,18). The number of anilines is 1. The summed E-state index contributed by atoms with van der Waals surface area (Å²) >= 11 is 0. The second-order valence-corrected chi connectivity index (χ2v) is 6.37. The number of rotatable bonds is 6. The summed E-state index contributed by atoms with van der Waals surface area (Å²) in [7, 11) is -1.95. The Balaban J connectivity index is 2.30. The highest BCUT2D eigenvalue weighted by Crippen LogP contribution is 2.24. The second kappa shape index (κ2) is 6.06. The summed E-state index contributed by atoms with van der Waals surface area (Å²) in [5.74, 6) is -0.690. The van der Waals surface area contributed by atoms with Crippen LogP contribution in [0.4, 0.5) is 5.82 Å². The number of nitrogens with one attached hydrogen (secondary N) is 2. The maximum absolute atomic E-state index is 11.3. The highest BCUT2D eigenvalue weighted by atomic mass is 32.2. The van der Waals surface area contributed by atoms with Crippen LogP contribution in [-0.4, -0.2) is 43.8 Å². The Hall–Kier alpha value is -2.19. The van der Waals surface area contributed by atoms with Crippen molar-refractivity contribution >= 4 is 32.6 Å². The molecule has 1 aromatic heterocycles. The molecule has 0 aliphatic carbocycles. The number of aromatic carboxylic acids is 1. The Bertz CT molecular complexity index is 774. The van der Waals surface area contributed by atoms with Gasteiger partial charge in [0, 0.05) is 23.5 Å². The number of carbonyl (C=O) groups is 1. The summed E-state index contributed by atoms with van der Waals surface area (Å²) in [4.78, 5) is 15.2. The molecule has 0 atom stereocenters. The van der Waals surface area contributed by atoms with E-state index in [1.165, 1.54) is 13.2 Å². The van der Waals surface area contributed by atoms with Crippen LogP contribution in [-0.2, 0) is 10.0 Å². The average Bonchev–Trinajstić information content (AvgIpc) is 2.47. The van der Waals surface area contributed by atoms with E-state index < -0.39 is 16.0 Å². The minimum absolute atomic E-state index is 0.0970. The summed E-state index contributed by atoms with van der Waals surface area (Å²) in [6.45, 7) is 0.173. The van der Waals surface area contributed by atoms with Crippen LogP contribution in [0.15, 0.2) is 30.5 Å². The lowest BCUT2D eigenvalue weighted by molar-refractivity contribution is 0.0698. The third-order valence-electron chi connectivity index (χ3n) is 3.00. The van der Waals surface area contributed by atoms with Gasteiger partial charge in [0.1, 0.15) is 5.82 Å². The van der Waals surface area contributed by atoms with Crippen molar-refractivity contribution < 1.29 is 18.3 Å². The third-order valence-corrected chi connectivity index (χ3v) is 4.36. The zero-order valence-electron chi connectivity index (χ0n) is 11.3. The molecular formula is C13H15N3O4S. The molecule has 2 rings (SSSR count). The smallest absolute Gasteiger partial charge is 0.337 e. The van der Waals surface area contributed by atoms with Gasteiger partial charge < -0.3 is 10.4 Å². The Labute approximate surface area is 122 Å². The maximum Gasteiger partial charge on any atom is 0.337 e. The Morgan fingerprint density at radius 2 is 1.95 bits per heavy atom. The van der Waals surface area contributed by atoms with Gasteiger partial charge in [0.25, 0.3) is 0 Å². The number of carboxylic acid groups (broad SMARTS) is 1. The quantitative estimate of drug-likeness (QED) is 0.731. The Kier molecular flexibility index (Phi) is 4.39. The fourth-order valence-corrected chi connectivity index (χ4v) is 2.48. The van der Waals surface area contributed by atoms with Gasteiger partial charge in [-0.25, -0.2) is 22.9 Å². The molecule has 0 aliphatic rings. The van der Waals surface area contributed by atoms with Gasteiger partial charge in [0.2, 0.25) is 10.0 Å². The number of aromatic nitrogens is 1. The van der Waals surface area contributed by atoms with Crippen LogP contribution in [0.25, 0.3) is 10.8 Å². The van der Waals surface area contributed by atoms with Gasteiger partial charge >= 0.3 is 5.97 Å². The van der Waals surface area contributed by atoms with Crippen molar-refractivity contribution in [3.8, 4) is 0 Å². The van der Waals surface area contributed by atoms with Crippen molar-refractivity contribution in [1.82, 2.24) is 9.71 Å². The van der Waals surface area contributed by atoms with Crippen molar-refractivity contribution in [2.24, 2.45) is 0 Å². The van der Waals surface area contributed by atoms with E-state index >= 15 is 0 Å². The zero-order chi connectivity index (χ0) is 15.5. The molecule has 2 aromatic rings. The molecule has 0 fully saturated rings. The molecule has 0 amide bonds. The monoisotopic (exact) mass is 309 g/mol. The van der Waals surface area contributed by atoms with E-state index in [0.717, 1.165) is 0 Å². The number of hydrogen-bond donors (Lipinski definition) is 3. The number of carboxylic acids is 1. The number of pyridine rings is 1. The average molecular weight is 309 g/mol. The predicted molar refractivity (Wildman–Crippen MR) is 80.0 cm³/mol. The molecule has 0 bridgehead atoms. The summed E-state index contributed by atoms with van der Waals surface area (Å²) in [5.41, 5.74) is 0.110. The van der Waals surface area contributed by atoms with Gasteiger partial charge in [0.15, 0.2) is 0 Å². The first-order valence-corrected chi connectivity index (χ1v) is 7.86. The number of fused-ring (bicyclic) bond motifs is 1. The number of nitrogens with zero attached hydrogens (tertiary/aromatic N) is 1. The predicted octanol–water partition coefficient (Wildman–Crippen LogP) is 0.894. The summed E-state index contributed by atoms with van der Waals surface area (Å²) in [5, 5.41) is 13.3. The second-order valence-electron chi connectivity index (χ2n) is 4.32. The lowest BCUT2D eigenvalue weighted by Crippen LogP contribution is -2.26. The molecule has 0 unspecified atom stereocenters. The van der Waals surface area contributed by atoms with Crippen LogP contribution in [0.5, 0.6) is 0 Å². The molecule has 0 spiro atoms. The van der Waals surface area contributed by atoms with Gasteiger partial charge in [-0.3, -0.25) is 0 Å². The molecule has 112 valence electrons. The topological polar surface area (TPSA) is 108 Å². The Morgan fingerprint density at radius 1 is 1.29 bits per heavy atom. The van der Waals surface area contributed by atoms with Crippen molar-refractivity contribution in [2.75, 3.05) is 24.7 Å². The molecule has 0 saturated heterocycles. The van der Waals surface area contributed by atoms with Crippen molar-refractivity contribution in [2.45, 2.75) is 0 Å². The van der Waals surface area contributed by atoms with Crippen LogP contribution in [0.1, 0.15) is 10.4 Å². The summed E-state index contributed by atoms with van der Waals surface area (Å²) in [6, 6.07) is 6.94. The van der Waals surface area contributed by atoms with Gasteiger partial charge in [-0.15, -0.1) is 0 Å². The third kappa shape index (κ3) is 3.47. The lowest BCUT2D eigenvalue weighted by atomic mass is 10.1. The minimum atomic E-state index is -3.30. The van der Waals surface area contributed by atoms with Crippen LogP contribution < -0.4 is 10.0 Å². The maximum atomic E-state index is 11.3. The molecule has 3 N–H and O–H groups in total. The molecule has 1 heterocycles. The molecule has 1 aromatic carbocycles. The largest absolute Gasteiger partial charge is 0.478 e. The molecular weight excluding hydrogens is 294 g/mol. The minimum Gasteiger partial charge on any atom is -0.478 e. The van der Waals surface area contributed by atoms with E-state index in [1.807, 2.05) is 0 Å². The first-order chi connectivity index (χ1) is 9.94. The molecule has 8 heteroatoms. The molecule has 0 aliphatic heterocycles. The lowest BCUT2D eigenvalue weighted by Gasteiger charge is -2.10. The molecule has 7 nitrogen and oxygen atoms in total. The van der Waals surface area contributed by atoms with Gasteiger partial charge in [0.05, 0.1) is 11.3 Å². The van der Waals surface area contributed by atoms with E-state index in [1.54, 1.807) is 24.3 Å². The highest BCUT2D eigenvalue weighted by Gasteiger charge is 2.13. The first-order valence-electron chi connectivity index (χ1n) is 6.21. The zero-order valence-corrected chi connectivity index (χ0v) is 12.1. The molecule has 21 heavy (non-hydrogen) atoms. The van der Waals surface area contributed by atoms with Gasteiger partial charge in [-0.2, -0.15) is 0 Å². The summed E-state index contributed by atoms with van der Waals surface area (Å²) in [6.07, 6.45) is 1.26. The summed E-state index contributed by atoms with van der Waals surface area (Å²) < 4.78 is 24.9. The fraction of sp³-hybridized carbons (Fsp3) is 0.231. The van der Waals surface area contributed by atoms with E-state index in [2.05, 4.69) is 15.0 Å². The van der Waals surface area contributed by atoms with Crippen LogP contribution >= 0.6 is 0 Å². The number of benzene rings is 1. The Morgan fingerprint density at radius 3 is 2.57 bits per heavy atom. The van der Waals surface area contributed by atoms with Gasteiger partial charge in [-0.1, -0.05) is 24.3 Å². The van der Waals surface area contributed by atoms with E-state index in [4.69, 9.17) is 5.11 Å². The highest BCUT2D eigenvalue weighted by molar-refractivity contribution is 7.89. The number of hydrogen-bond acceptors (Lipinski definition) is 5. The van der Waals surface area contributed by atoms with E-state index in [9.17, 15) is 13.2 Å². The first kappa shape index (κ1) is 15.2. The van der Waals surface area contributed by atoms with Crippen LogP contribution in [0.3, 0.4) is 0 Å².